The second kappa shape index (κ2) is 10.7. The molecule has 1 saturated heterocycles. The van der Waals surface area contributed by atoms with E-state index in [4.69, 9.17) is 4.74 Å². The number of aromatic amines is 1. The monoisotopic (exact) mass is 545 g/mol. The number of ether oxygens (including phenoxy) is 1. The first kappa shape index (κ1) is 25.9. The molecule has 0 bridgehead atoms. The summed E-state index contributed by atoms with van der Waals surface area (Å²) in [6.45, 7) is 4.84. The fourth-order valence-corrected chi connectivity index (χ4v) is 4.75. The third kappa shape index (κ3) is 5.65. The van der Waals surface area contributed by atoms with Gasteiger partial charge >= 0.3 is 6.18 Å². The highest BCUT2D eigenvalue weighted by molar-refractivity contribution is 5.85. The zero-order valence-corrected chi connectivity index (χ0v) is 21.7. The number of hydrogen-bond acceptors (Lipinski definition) is 7. The van der Waals surface area contributed by atoms with E-state index < -0.39 is 11.7 Å². The lowest BCUT2D eigenvalue weighted by Gasteiger charge is -2.27. The summed E-state index contributed by atoms with van der Waals surface area (Å²) >= 11 is 0. The summed E-state index contributed by atoms with van der Waals surface area (Å²) in [7, 11) is 0. The zero-order valence-electron chi connectivity index (χ0n) is 21.7. The van der Waals surface area contributed by atoms with Crippen LogP contribution in [0.3, 0.4) is 0 Å². The van der Waals surface area contributed by atoms with E-state index in [-0.39, 0.29) is 0 Å². The number of halogens is 3. The molecule has 0 aliphatic carbocycles. The highest BCUT2D eigenvalue weighted by Crippen LogP contribution is 2.34. The number of morpholine rings is 1. The predicted octanol–water partition coefficient (Wildman–Crippen LogP) is 5.98. The minimum atomic E-state index is -4.47. The number of anilines is 2. The van der Waals surface area contributed by atoms with E-state index in [1.165, 1.54) is 6.07 Å². The molecule has 40 heavy (non-hydrogen) atoms. The Morgan fingerprint density at radius 2 is 1.85 bits per heavy atom. The summed E-state index contributed by atoms with van der Waals surface area (Å²) in [5.41, 5.74) is 4.83. The minimum Gasteiger partial charge on any atom is -0.379 e. The number of aryl methyl sites for hydroxylation is 1. The normalized spacial score (nSPS) is 14.5. The van der Waals surface area contributed by atoms with Gasteiger partial charge in [-0.1, -0.05) is 0 Å². The Hall–Kier alpha value is -4.35. The molecule has 0 unspecified atom stereocenters. The Morgan fingerprint density at radius 1 is 1.00 bits per heavy atom. The van der Waals surface area contributed by atoms with Gasteiger partial charge in [-0.15, -0.1) is 0 Å². The van der Waals surface area contributed by atoms with Crippen molar-refractivity contribution >= 4 is 22.7 Å². The van der Waals surface area contributed by atoms with Crippen LogP contribution >= 0.6 is 0 Å². The molecule has 1 aliphatic rings. The van der Waals surface area contributed by atoms with Crippen molar-refractivity contribution in [3.63, 3.8) is 0 Å². The van der Waals surface area contributed by atoms with E-state index in [1.54, 1.807) is 24.7 Å². The molecule has 0 radical (unpaired) electrons. The van der Waals surface area contributed by atoms with Crippen molar-refractivity contribution in [2.75, 3.05) is 31.6 Å². The fourth-order valence-electron chi connectivity index (χ4n) is 4.75. The van der Waals surface area contributed by atoms with Crippen LogP contribution in [0.15, 0.2) is 67.1 Å². The van der Waals surface area contributed by atoms with Gasteiger partial charge < -0.3 is 15.0 Å². The lowest BCUT2D eigenvalue weighted by atomic mass is 10.0. The van der Waals surface area contributed by atoms with Gasteiger partial charge in [0.1, 0.15) is 5.82 Å². The van der Waals surface area contributed by atoms with Crippen molar-refractivity contribution < 1.29 is 17.9 Å². The van der Waals surface area contributed by atoms with Gasteiger partial charge in [0.05, 0.1) is 35.5 Å². The molecule has 3 aromatic heterocycles. The van der Waals surface area contributed by atoms with Gasteiger partial charge in [-0.3, -0.25) is 9.88 Å². The van der Waals surface area contributed by atoms with Crippen molar-refractivity contribution in [3.05, 3.63) is 83.8 Å². The first-order valence-electron chi connectivity index (χ1n) is 12.8. The number of fused-ring (bicyclic) bond motifs is 1. The fraction of sp³-hybridized carbons (Fsp3) is 0.241. The van der Waals surface area contributed by atoms with E-state index in [2.05, 4.69) is 35.1 Å². The number of benzene rings is 2. The first-order chi connectivity index (χ1) is 19.3. The van der Waals surface area contributed by atoms with Gasteiger partial charge in [0.2, 0.25) is 5.95 Å². The summed E-state index contributed by atoms with van der Waals surface area (Å²) in [5.74, 6) is 0.782. The Labute approximate surface area is 228 Å². The minimum absolute atomic E-state index is 0.371. The SMILES string of the molecule is Cc1cc2nc(-c3cc(CN4CCOCC4)cc(C(F)(F)F)c3)[nH]c2cc1Nc1nccc(-c2cccnc2)n1. The Bertz CT molecular complexity index is 1650. The Kier molecular flexibility index (Phi) is 6.91. The first-order valence-corrected chi connectivity index (χ1v) is 12.8. The van der Waals surface area contributed by atoms with Gasteiger partial charge in [-0.2, -0.15) is 13.2 Å². The van der Waals surface area contributed by atoms with Crippen LogP contribution in [0.1, 0.15) is 16.7 Å². The number of aromatic nitrogens is 5. The zero-order chi connectivity index (χ0) is 27.7. The molecule has 0 atom stereocenters. The van der Waals surface area contributed by atoms with Crippen LogP contribution in [-0.2, 0) is 17.5 Å². The second-order valence-electron chi connectivity index (χ2n) is 9.71. The van der Waals surface area contributed by atoms with Gasteiger partial charge in [0, 0.05) is 55.0 Å². The standard InChI is InChI=1S/C29H26F3N7O/c1-18-11-25-26(15-24(18)38-28-34-6-4-23(37-28)20-3-2-5-33-16-20)36-27(35-25)21-12-19(13-22(14-21)29(30,31)32)17-39-7-9-40-10-8-39/h2-6,11-16H,7-10,17H2,1H3,(H,35,36)(H,34,37,38). The molecule has 1 fully saturated rings. The van der Waals surface area contributed by atoms with E-state index >= 15 is 0 Å². The van der Waals surface area contributed by atoms with Crippen molar-refractivity contribution in [1.82, 2.24) is 29.8 Å². The van der Waals surface area contributed by atoms with E-state index in [1.807, 2.05) is 37.3 Å². The average Bonchev–Trinajstić information content (AvgIpc) is 3.36. The average molecular weight is 546 g/mol. The number of nitrogens with one attached hydrogen (secondary N) is 2. The number of alkyl halides is 3. The van der Waals surface area contributed by atoms with E-state index in [9.17, 15) is 13.2 Å². The van der Waals surface area contributed by atoms with Crippen LogP contribution in [0.5, 0.6) is 0 Å². The van der Waals surface area contributed by atoms with Crippen molar-refractivity contribution in [3.8, 4) is 22.6 Å². The molecule has 11 heteroatoms. The van der Waals surface area contributed by atoms with Gasteiger partial charge in [-0.25, -0.2) is 15.0 Å². The molecule has 1 aliphatic heterocycles. The molecular formula is C29H26F3N7O. The quantitative estimate of drug-likeness (QED) is 0.271. The molecule has 204 valence electrons. The number of H-pyrrole nitrogens is 1. The Morgan fingerprint density at radius 3 is 2.62 bits per heavy atom. The van der Waals surface area contributed by atoms with Gasteiger partial charge in [-0.05, 0) is 66.6 Å². The molecule has 0 amide bonds. The molecule has 0 spiro atoms. The van der Waals surface area contributed by atoms with Crippen molar-refractivity contribution in [2.45, 2.75) is 19.6 Å². The largest absolute Gasteiger partial charge is 0.416 e. The van der Waals surface area contributed by atoms with Crippen LogP contribution < -0.4 is 5.32 Å². The van der Waals surface area contributed by atoms with E-state index in [0.29, 0.717) is 66.8 Å². The summed E-state index contributed by atoms with van der Waals surface area (Å²) < 4.78 is 46.8. The maximum atomic E-state index is 13.8. The van der Waals surface area contributed by atoms with Crippen molar-refractivity contribution in [1.29, 1.82) is 0 Å². The van der Waals surface area contributed by atoms with Crippen molar-refractivity contribution in [2.24, 2.45) is 0 Å². The molecule has 6 rings (SSSR count). The van der Waals surface area contributed by atoms with E-state index in [0.717, 1.165) is 28.6 Å². The van der Waals surface area contributed by atoms with Crippen LogP contribution in [0.2, 0.25) is 0 Å². The predicted molar refractivity (Wildman–Crippen MR) is 146 cm³/mol. The topological polar surface area (TPSA) is 91.9 Å². The summed E-state index contributed by atoms with van der Waals surface area (Å²) in [6.07, 6.45) is 0.628. The van der Waals surface area contributed by atoms with Gasteiger partial charge in [0.15, 0.2) is 0 Å². The smallest absolute Gasteiger partial charge is 0.379 e. The maximum Gasteiger partial charge on any atom is 0.416 e. The number of nitrogens with zero attached hydrogens (tertiary/aromatic N) is 5. The van der Waals surface area contributed by atoms with Gasteiger partial charge in [0.25, 0.3) is 0 Å². The van der Waals surface area contributed by atoms with Crippen LogP contribution in [0.25, 0.3) is 33.7 Å². The molecular weight excluding hydrogens is 519 g/mol. The summed E-state index contributed by atoms with van der Waals surface area (Å²) in [6, 6.07) is 13.4. The molecule has 2 aromatic carbocycles. The lowest BCUT2D eigenvalue weighted by molar-refractivity contribution is -0.137. The molecule has 0 saturated carbocycles. The Balaban J connectivity index is 1.31. The molecule has 2 N–H and O–H groups in total. The number of hydrogen-bond donors (Lipinski definition) is 2. The van der Waals surface area contributed by atoms with Crippen LogP contribution in [-0.4, -0.2) is 56.1 Å². The lowest BCUT2D eigenvalue weighted by Crippen LogP contribution is -2.35. The number of pyridine rings is 1. The summed E-state index contributed by atoms with van der Waals surface area (Å²) in [4.78, 5) is 23.0. The maximum absolute atomic E-state index is 13.8. The third-order valence-electron chi connectivity index (χ3n) is 6.79. The summed E-state index contributed by atoms with van der Waals surface area (Å²) in [5, 5.41) is 3.25. The van der Waals surface area contributed by atoms with Crippen LogP contribution in [0.4, 0.5) is 24.8 Å². The highest BCUT2D eigenvalue weighted by Gasteiger charge is 2.32. The number of rotatable bonds is 6. The molecule has 5 aromatic rings. The molecule has 8 nitrogen and oxygen atoms in total. The molecule has 4 heterocycles. The third-order valence-corrected chi connectivity index (χ3v) is 6.79. The number of imidazole rings is 1. The highest BCUT2D eigenvalue weighted by atomic mass is 19.4. The second-order valence-corrected chi connectivity index (χ2v) is 9.71. The van der Waals surface area contributed by atoms with Crippen LogP contribution in [0, 0.1) is 6.92 Å².